The summed E-state index contributed by atoms with van der Waals surface area (Å²) >= 11 is 1.52. The van der Waals surface area contributed by atoms with E-state index in [0.717, 1.165) is 15.3 Å². The molecule has 1 aromatic carbocycles. The molecule has 0 unspecified atom stereocenters. The van der Waals surface area contributed by atoms with Crippen LogP contribution >= 0.6 is 11.3 Å². The van der Waals surface area contributed by atoms with Gasteiger partial charge in [0.25, 0.3) is 27.8 Å². The summed E-state index contributed by atoms with van der Waals surface area (Å²) in [6, 6.07) is 25.9. The molecule has 10 N–H and O–H groups in total. The van der Waals surface area contributed by atoms with Crippen molar-refractivity contribution in [2.75, 3.05) is 28.7 Å². The smallest absolute Gasteiger partial charge is 0.382 e. The highest BCUT2D eigenvalue weighted by atomic mass is 32.1. The molecule has 0 bridgehead atoms. The normalized spacial score (nSPS) is 11.4. The molecule has 0 aliphatic carbocycles. The van der Waals surface area contributed by atoms with Crippen LogP contribution < -0.4 is 70.2 Å². The third-order valence-electron chi connectivity index (χ3n) is 15.5. The summed E-state index contributed by atoms with van der Waals surface area (Å²) in [5.74, 6) is 2.81. The number of aryl methyl sites for hydroxylation is 3. The van der Waals surface area contributed by atoms with E-state index in [1.165, 1.54) is 11.3 Å². The lowest BCUT2D eigenvalue weighted by Gasteiger charge is -2.07. The first-order valence-corrected chi connectivity index (χ1v) is 33.6. The molecule has 0 aliphatic heterocycles. The summed E-state index contributed by atoms with van der Waals surface area (Å²) in [7, 11) is 5.71. The summed E-state index contributed by atoms with van der Waals surface area (Å²) in [6.07, 6.45) is 10.4. The number of aromatic nitrogens is 15. The Bertz CT molecular complexity index is 4950. The number of anilines is 5. The minimum Gasteiger partial charge on any atom is -0.382 e. The van der Waals surface area contributed by atoms with Crippen LogP contribution in [0.3, 0.4) is 0 Å². The predicted octanol–water partition coefficient (Wildman–Crippen LogP) is 9.91. The Morgan fingerprint density at radius 2 is 0.723 bits per heavy atom. The van der Waals surface area contributed by atoms with Gasteiger partial charge in [-0.05, 0) is 133 Å². The van der Waals surface area contributed by atoms with Crippen molar-refractivity contribution in [1.82, 2.24) is 56.8 Å². The van der Waals surface area contributed by atoms with Crippen molar-refractivity contribution in [2.45, 2.75) is 135 Å². The van der Waals surface area contributed by atoms with Crippen LogP contribution in [0.25, 0.3) is 10.2 Å². The first-order chi connectivity index (χ1) is 48.6. The van der Waals surface area contributed by atoms with Crippen LogP contribution in [-0.2, 0) is 86.6 Å². The molecule has 0 amide bonds. The van der Waals surface area contributed by atoms with Gasteiger partial charge in [-0.15, -0.1) is 25.6 Å². The number of nitrogens with zero attached hydrogens (tertiary/aromatic N) is 25. The summed E-state index contributed by atoms with van der Waals surface area (Å²) in [5, 5.41) is 41.2. The van der Waals surface area contributed by atoms with E-state index in [-0.39, 0.29) is 56.2 Å². The number of hydrogen-bond donors (Lipinski definition) is 5. The van der Waals surface area contributed by atoms with Crippen molar-refractivity contribution in [3.8, 4) is 0 Å². The molecular weight excluding hydrogens is 1310 g/mol. The molecule has 532 valence electrons. The molecule has 0 saturated heterocycles. The van der Waals surface area contributed by atoms with Crippen LogP contribution in [-0.4, -0.2) is 56.8 Å². The molecule has 0 saturated carbocycles. The molecule has 10 aromatic heterocycles. The van der Waals surface area contributed by atoms with E-state index in [4.69, 9.17) is 28.7 Å². The number of rotatable bonds is 20. The molecule has 0 radical (unpaired) electrons. The molecule has 36 heteroatoms. The van der Waals surface area contributed by atoms with Gasteiger partial charge < -0.3 is 28.7 Å². The van der Waals surface area contributed by atoms with Crippen LogP contribution in [0.5, 0.6) is 0 Å². The van der Waals surface area contributed by atoms with E-state index < -0.39 is 0 Å². The molecule has 11 rings (SSSR count). The fourth-order valence-corrected chi connectivity index (χ4v) is 11.4. The van der Waals surface area contributed by atoms with Gasteiger partial charge in [0, 0.05) is 102 Å². The molecule has 0 fully saturated rings. The summed E-state index contributed by atoms with van der Waals surface area (Å²) in [5.41, 5.74) is 32.1. The average Bonchev–Trinajstić information content (AvgIpc) is 1.69. The van der Waals surface area contributed by atoms with E-state index >= 15 is 0 Å². The molecule has 0 spiro atoms. The lowest BCUT2D eigenvalue weighted by molar-refractivity contribution is -0.671. The zero-order valence-corrected chi connectivity index (χ0v) is 60.0. The number of para-hydroxylation sites is 1. The second-order valence-corrected chi connectivity index (χ2v) is 22.6. The van der Waals surface area contributed by atoms with Gasteiger partial charge in [0.15, 0.2) is 64.4 Å². The third kappa shape index (κ3) is 17.4. The van der Waals surface area contributed by atoms with Crippen molar-refractivity contribution in [2.24, 2.45) is 72.3 Å². The van der Waals surface area contributed by atoms with Gasteiger partial charge in [-0.3, -0.25) is 52.4 Å². The number of hydrogen-bond acceptors (Lipinski definition) is 23. The van der Waals surface area contributed by atoms with Gasteiger partial charge in [-0.2, -0.15) is 5.11 Å². The first kappa shape index (κ1) is 76.1. The van der Waals surface area contributed by atoms with Gasteiger partial charge in [-0.25, -0.2) is 42.1 Å². The molecular formula is C65H89N30O5S+3. The number of pyridine rings is 4. The Morgan fingerprint density at radius 3 is 1.09 bits per heavy atom. The van der Waals surface area contributed by atoms with E-state index in [1.54, 1.807) is 95.7 Å². The van der Waals surface area contributed by atoms with Gasteiger partial charge in [-0.1, -0.05) is 24.3 Å². The largest absolute Gasteiger partial charge is 0.409 e. The lowest BCUT2D eigenvalue weighted by atomic mass is 10.3. The maximum atomic E-state index is 12.4. The van der Waals surface area contributed by atoms with Crippen molar-refractivity contribution in [1.29, 1.82) is 0 Å². The lowest BCUT2D eigenvalue weighted by Crippen LogP contribution is -2.26. The Hall–Kier alpha value is -12.2. The van der Waals surface area contributed by atoms with E-state index in [9.17, 15) is 24.0 Å². The minimum absolute atomic E-state index is 0.161. The van der Waals surface area contributed by atoms with Gasteiger partial charge in [0.2, 0.25) is 11.4 Å². The number of fused-ring (bicyclic) bond motifs is 1. The number of thiazole rings is 1. The van der Waals surface area contributed by atoms with E-state index in [1.807, 2.05) is 177 Å². The maximum Gasteiger partial charge on any atom is 0.409 e. The fourth-order valence-electron chi connectivity index (χ4n) is 10.4. The maximum absolute atomic E-state index is 12.4. The van der Waals surface area contributed by atoms with Crippen molar-refractivity contribution >= 4 is 107 Å². The number of nitrogens with two attached hydrogens (primary N) is 5. The Kier molecular flexibility index (Phi) is 27.0. The second kappa shape index (κ2) is 35.8. The van der Waals surface area contributed by atoms with Gasteiger partial charge >= 0.3 is 10.9 Å². The molecule has 0 aliphatic rings. The Morgan fingerprint density at radius 1 is 0.366 bits per heavy atom. The zero-order chi connectivity index (χ0) is 73.6. The van der Waals surface area contributed by atoms with Crippen LogP contribution in [0, 0.1) is 0 Å². The highest BCUT2D eigenvalue weighted by Gasteiger charge is 2.23. The number of benzene rings is 1. The topological polar surface area (TPSA) is 426 Å². The fraction of sp³-hybridized carbons (Fsp3) is 0.354. The molecule has 101 heavy (non-hydrogen) atoms. The van der Waals surface area contributed by atoms with E-state index in [2.05, 4.69) is 61.1 Å². The molecule has 10 heterocycles. The number of nitrogen functional groups attached to an aromatic ring is 5. The standard InChI is InChI=1S/C15H18N6OS.2C13H18N6O.2C12H16N6O/c1-4-20-13(16)12(14(22)21(20)5-2)17-18-15-19(3)10-8-6-7-9-11(10)23-15;1-4-18-12(14)11(13(20)19(18)5-2)16-15-10-6-8-17(3)9-7-10;1-4-18-12(14)11(13(20)19(18)5-2)16-15-10-8-6-7-9-17(10)3;1-3-17-11(13)10(12(19)18(17)4-2)16-15-9-5-7-14-8-6-9;1-3-17-11(13)10(12(19)18(17)4-2)16-15-9-7-5-6-8-14-9/h6-9,16H,4-5H2,1-3H3;2*6-9,14H,4-5H2,1-3H3;2*5-8H,3-4,13H2,1-2H3/p+3. The highest BCUT2D eigenvalue weighted by molar-refractivity contribution is 7.21. The Labute approximate surface area is 584 Å². The predicted molar refractivity (Wildman–Crippen MR) is 390 cm³/mol. The Balaban J connectivity index is 0.000000177. The highest BCUT2D eigenvalue weighted by Crippen LogP contribution is 2.29. The van der Waals surface area contributed by atoms with Crippen molar-refractivity contribution < 1.29 is 13.7 Å². The van der Waals surface area contributed by atoms with Crippen LogP contribution in [0.1, 0.15) is 69.2 Å². The third-order valence-corrected chi connectivity index (χ3v) is 16.6. The van der Waals surface area contributed by atoms with Gasteiger partial charge in [0.1, 0.15) is 12.6 Å². The summed E-state index contributed by atoms with van der Waals surface area (Å²) in [6.45, 7) is 24.9. The van der Waals surface area contributed by atoms with Crippen LogP contribution in [0.2, 0.25) is 0 Å². The molecule has 11 aromatic rings. The zero-order valence-electron chi connectivity index (χ0n) is 59.1. The number of azo groups is 5. The summed E-state index contributed by atoms with van der Waals surface area (Å²) < 4.78 is 23.1. The SMILES string of the molecule is CCn1c(N)c(N=Nc2cc[n+](C)cc2)c(=O)n1CC.CCn1c(N)c(N=Nc2cccc[n+]2C)c(=O)n1CC.CCn1c(N)c(N=Nc2ccccn2)c(=O)n1CC.CCn1c(N)c(N=Nc2ccncc2)c(=O)n1CC.CCn1c(N)c(N=Nc2sc3ccccc3[n+]2C)c(=O)n1CC. The second-order valence-electron chi connectivity index (χ2n) is 21.5. The van der Waals surface area contributed by atoms with Crippen molar-refractivity contribution in [3.05, 3.63) is 174 Å². The first-order valence-electron chi connectivity index (χ1n) is 32.8. The quantitative estimate of drug-likeness (QED) is 0.0351. The summed E-state index contributed by atoms with van der Waals surface area (Å²) in [4.78, 5) is 68.9. The van der Waals surface area contributed by atoms with Gasteiger partial charge in [0.05, 0.1) is 46.6 Å². The molecule has 35 nitrogen and oxygen atoms in total. The monoisotopic (exact) mass is 1400 g/mol. The molecule has 0 atom stereocenters. The van der Waals surface area contributed by atoms with Crippen LogP contribution in [0.15, 0.2) is 197 Å². The van der Waals surface area contributed by atoms with Crippen LogP contribution in [0.4, 0.5) is 85.7 Å². The minimum atomic E-state index is -0.235. The average molecular weight is 1400 g/mol. The van der Waals surface area contributed by atoms with E-state index in [0.29, 0.717) is 118 Å². The van der Waals surface area contributed by atoms with Crippen molar-refractivity contribution in [3.63, 3.8) is 0 Å².